The van der Waals surface area contributed by atoms with Gasteiger partial charge in [-0.1, -0.05) is 27.6 Å². The molecular formula is C17H18BrNO2. The van der Waals surface area contributed by atoms with Crippen molar-refractivity contribution in [1.29, 1.82) is 0 Å². The summed E-state index contributed by atoms with van der Waals surface area (Å²) in [6.45, 7) is 6.22. The van der Waals surface area contributed by atoms with Crippen molar-refractivity contribution in [1.82, 2.24) is 0 Å². The van der Waals surface area contributed by atoms with Crippen LogP contribution in [-0.4, -0.2) is 12.4 Å². The zero-order chi connectivity index (χ0) is 15.6. The molecular weight excluding hydrogens is 330 g/mol. The van der Waals surface area contributed by atoms with Gasteiger partial charge in [0.05, 0.1) is 12.2 Å². The molecule has 110 valence electrons. The first kappa shape index (κ1) is 15.6. The van der Waals surface area contributed by atoms with Gasteiger partial charge < -0.3 is 10.5 Å². The maximum Gasteiger partial charge on any atom is 0.197 e. The summed E-state index contributed by atoms with van der Waals surface area (Å²) < 4.78 is 6.36. The Hall–Kier alpha value is -1.81. The number of nitrogens with two attached hydrogens (primary N) is 1. The zero-order valence-electron chi connectivity index (χ0n) is 12.4. The van der Waals surface area contributed by atoms with Gasteiger partial charge in [0.15, 0.2) is 5.78 Å². The maximum atomic E-state index is 12.9. The number of hydrogen-bond acceptors (Lipinski definition) is 3. The third-order valence-corrected chi connectivity index (χ3v) is 3.79. The highest BCUT2D eigenvalue weighted by Gasteiger charge is 2.18. The van der Waals surface area contributed by atoms with E-state index >= 15 is 0 Å². The van der Waals surface area contributed by atoms with Gasteiger partial charge in [-0.15, -0.1) is 0 Å². The van der Waals surface area contributed by atoms with Crippen LogP contribution in [0.2, 0.25) is 0 Å². The Kier molecular flexibility index (Phi) is 4.68. The first-order valence-electron chi connectivity index (χ1n) is 6.77. The van der Waals surface area contributed by atoms with E-state index < -0.39 is 0 Å². The average molecular weight is 348 g/mol. The summed E-state index contributed by atoms with van der Waals surface area (Å²) in [6, 6.07) is 9.22. The van der Waals surface area contributed by atoms with Crippen LogP contribution in [0.5, 0.6) is 5.75 Å². The fraction of sp³-hybridized carbons (Fsp3) is 0.235. The molecule has 0 unspecified atom stereocenters. The summed E-state index contributed by atoms with van der Waals surface area (Å²) in [5, 5.41) is 0. The molecule has 4 heteroatoms. The molecule has 0 heterocycles. The standard InChI is InChI=1S/C17H18BrNO2/c1-4-21-16-6-5-10(2)7-14(16)17(20)13-8-12(18)9-15(19)11(13)3/h5-9H,4,19H2,1-3H3. The molecule has 2 aromatic carbocycles. The van der Waals surface area contributed by atoms with Gasteiger partial charge >= 0.3 is 0 Å². The predicted molar refractivity (Wildman–Crippen MR) is 89.1 cm³/mol. The number of anilines is 1. The van der Waals surface area contributed by atoms with Crippen molar-refractivity contribution in [3.8, 4) is 5.75 Å². The number of halogens is 1. The molecule has 0 radical (unpaired) electrons. The fourth-order valence-corrected chi connectivity index (χ4v) is 2.66. The Bertz CT molecular complexity index is 695. The highest BCUT2D eigenvalue weighted by atomic mass is 79.9. The molecule has 0 fully saturated rings. The molecule has 0 atom stereocenters. The van der Waals surface area contributed by atoms with Gasteiger partial charge in [0.25, 0.3) is 0 Å². The number of carbonyl (C=O) groups is 1. The topological polar surface area (TPSA) is 52.3 Å². The molecule has 0 aliphatic rings. The summed E-state index contributed by atoms with van der Waals surface area (Å²) in [7, 11) is 0. The third-order valence-electron chi connectivity index (χ3n) is 3.34. The minimum atomic E-state index is -0.0762. The number of carbonyl (C=O) groups excluding carboxylic acids is 1. The molecule has 0 aromatic heterocycles. The minimum Gasteiger partial charge on any atom is -0.493 e. The molecule has 21 heavy (non-hydrogen) atoms. The molecule has 0 aliphatic heterocycles. The largest absolute Gasteiger partial charge is 0.493 e. The number of nitrogen functional groups attached to an aromatic ring is 1. The third kappa shape index (κ3) is 3.27. The van der Waals surface area contributed by atoms with E-state index in [1.165, 1.54) is 0 Å². The van der Waals surface area contributed by atoms with Gasteiger partial charge in [-0.3, -0.25) is 4.79 Å². The summed E-state index contributed by atoms with van der Waals surface area (Å²) in [5.74, 6) is 0.527. The highest BCUT2D eigenvalue weighted by molar-refractivity contribution is 9.10. The van der Waals surface area contributed by atoms with Gasteiger partial charge in [-0.25, -0.2) is 0 Å². The van der Waals surface area contributed by atoms with E-state index in [-0.39, 0.29) is 5.78 Å². The molecule has 0 saturated heterocycles. The van der Waals surface area contributed by atoms with Crippen LogP contribution in [0.1, 0.15) is 34.0 Å². The van der Waals surface area contributed by atoms with Crippen LogP contribution in [0.3, 0.4) is 0 Å². The maximum absolute atomic E-state index is 12.9. The van der Waals surface area contributed by atoms with Crippen LogP contribution in [0.15, 0.2) is 34.8 Å². The summed E-state index contributed by atoms with van der Waals surface area (Å²) in [6.07, 6.45) is 0. The van der Waals surface area contributed by atoms with E-state index in [1.54, 1.807) is 12.1 Å². The molecule has 2 aromatic rings. The Balaban J connectivity index is 2.57. The molecule has 0 bridgehead atoms. The summed E-state index contributed by atoms with van der Waals surface area (Å²) in [5.41, 5.74) is 9.50. The molecule has 0 amide bonds. The molecule has 0 saturated carbocycles. The van der Waals surface area contributed by atoms with E-state index in [0.29, 0.717) is 29.2 Å². The second kappa shape index (κ2) is 6.31. The minimum absolute atomic E-state index is 0.0762. The molecule has 0 aliphatic carbocycles. The number of ketones is 1. The lowest BCUT2D eigenvalue weighted by atomic mass is 9.96. The zero-order valence-corrected chi connectivity index (χ0v) is 14.0. The van der Waals surface area contributed by atoms with Crippen LogP contribution in [-0.2, 0) is 0 Å². The van der Waals surface area contributed by atoms with Crippen molar-refractivity contribution in [2.45, 2.75) is 20.8 Å². The summed E-state index contributed by atoms with van der Waals surface area (Å²) in [4.78, 5) is 12.9. The van der Waals surface area contributed by atoms with E-state index in [1.807, 2.05) is 39.0 Å². The molecule has 0 spiro atoms. The van der Waals surface area contributed by atoms with E-state index in [4.69, 9.17) is 10.5 Å². The van der Waals surface area contributed by atoms with Gasteiger partial charge in [-0.2, -0.15) is 0 Å². The SMILES string of the molecule is CCOc1ccc(C)cc1C(=O)c1cc(Br)cc(N)c1C. The molecule has 2 rings (SSSR count). The predicted octanol–water partition coefficient (Wildman–Crippen LogP) is 4.28. The van der Waals surface area contributed by atoms with E-state index in [2.05, 4.69) is 15.9 Å². The quantitative estimate of drug-likeness (QED) is 0.663. The first-order chi connectivity index (χ1) is 9.93. The van der Waals surface area contributed by atoms with Crippen molar-refractivity contribution >= 4 is 27.4 Å². The second-order valence-corrected chi connectivity index (χ2v) is 5.85. The van der Waals surface area contributed by atoms with Crippen LogP contribution >= 0.6 is 15.9 Å². The average Bonchev–Trinajstić information content (AvgIpc) is 2.44. The van der Waals surface area contributed by atoms with Crippen LogP contribution in [0, 0.1) is 13.8 Å². The highest BCUT2D eigenvalue weighted by Crippen LogP contribution is 2.28. The normalized spacial score (nSPS) is 10.5. The first-order valence-corrected chi connectivity index (χ1v) is 7.57. The Morgan fingerprint density at radius 3 is 2.57 bits per heavy atom. The Labute approximate surface area is 133 Å². The fourth-order valence-electron chi connectivity index (χ4n) is 2.18. The lowest BCUT2D eigenvalue weighted by Crippen LogP contribution is -2.09. The Morgan fingerprint density at radius 1 is 1.19 bits per heavy atom. The van der Waals surface area contributed by atoms with Crippen LogP contribution in [0.4, 0.5) is 5.69 Å². The lowest BCUT2D eigenvalue weighted by Gasteiger charge is -2.13. The van der Waals surface area contributed by atoms with Crippen molar-refractivity contribution in [3.63, 3.8) is 0 Å². The Morgan fingerprint density at radius 2 is 1.90 bits per heavy atom. The number of aryl methyl sites for hydroxylation is 1. The van der Waals surface area contributed by atoms with Gasteiger partial charge in [0, 0.05) is 15.7 Å². The lowest BCUT2D eigenvalue weighted by molar-refractivity contribution is 0.103. The summed E-state index contributed by atoms with van der Waals surface area (Å²) >= 11 is 3.39. The van der Waals surface area contributed by atoms with Gasteiger partial charge in [0.1, 0.15) is 5.75 Å². The van der Waals surface area contributed by atoms with Gasteiger partial charge in [-0.05, 0) is 50.6 Å². The smallest absolute Gasteiger partial charge is 0.197 e. The van der Waals surface area contributed by atoms with Gasteiger partial charge in [0.2, 0.25) is 0 Å². The number of rotatable bonds is 4. The van der Waals surface area contributed by atoms with E-state index in [0.717, 1.165) is 15.6 Å². The van der Waals surface area contributed by atoms with Crippen molar-refractivity contribution in [2.75, 3.05) is 12.3 Å². The number of ether oxygens (including phenoxy) is 1. The second-order valence-electron chi connectivity index (χ2n) is 4.93. The monoisotopic (exact) mass is 347 g/mol. The van der Waals surface area contributed by atoms with Crippen molar-refractivity contribution in [2.24, 2.45) is 0 Å². The number of benzene rings is 2. The van der Waals surface area contributed by atoms with E-state index in [9.17, 15) is 4.79 Å². The van der Waals surface area contributed by atoms with Crippen molar-refractivity contribution < 1.29 is 9.53 Å². The molecule has 2 N–H and O–H groups in total. The van der Waals surface area contributed by atoms with Crippen LogP contribution in [0.25, 0.3) is 0 Å². The van der Waals surface area contributed by atoms with Crippen LogP contribution < -0.4 is 10.5 Å². The number of hydrogen-bond donors (Lipinski definition) is 1. The van der Waals surface area contributed by atoms with Crippen molar-refractivity contribution in [3.05, 3.63) is 57.1 Å². The molecule has 3 nitrogen and oxygen atoms in total.